The molecule has 41 heavy (non-hydrogen) atoms. The van der Waals surface area contributed by atoms with Crippen LogP contribution in [0.4, 0.5) is 4.79 Å². The number of hydrogen-bond acceptors (Lipinski definition) is 14. The van der Waals surface area contributed by atoms with E-state index in [9.17, 15) is 14.4 Å². The van der Waals surface area contributed by atoms with Gasteiger partial charge in [0, 0.05) is 27.9 Å². The lowest BCUT2D eigenvalue weighted by molar-refractivity contribution is -0.157. The zero-order chi connectivity index (χ0) is 29.9. The number of ether oxygens (including phenoxy) is 3. The van der Waals surface area contributed by atoms with Crippen molar-refractivity contribution in [2.45, 2.75) is 65.2 Å². The normalized spacial score (nSPS) is 12.6. The summed E-state index contributed by atoms with van der Waals surface area (Å²) in [6.45, 7) is 10.5. The number of amides is 1. The van der Waals surface area contributed by atoms with Crippen LogP contribution in [0.5, 0.6) is 0 Å². The third kappa shape index (κ3) is 8.38. The summed E-state index contributed by atoms with van der Waals surface area (Å²) in [6.07, 6.45) is -0.578. The maximum Gasteiger partial charge on any atom is 0.408 e. The molecule has 1 amide bonds. The first-order chi connectivity index (χ1) is 19.2. The monoisotopic (exact) mass is 635 g/mol. The smallest absolute Gasteiger partial charge is 0.408 e. The Bertz CT molecular complexity index is 1540. The second-order valence-corrected chi connectivity index (χ2v) is 14.2. The Hall–Kier alpha value is -3.27. The van der Waals surface area contributed by atoms with Gasteiger partial charge in [-0.1, -0.05) is 0 Å². The summed E-state index contributed by atoms with van der Waals surface area (Å²) < 4.78 is 15.6. The molecule has 0 radical (unpaired) electrons. The van der Waals surface area contributed by atoms with Crippen LogP contribution in [0.1, 0.15) is 57.0 Å². The van der Waals surface area contributed by atoms with E-state index in [-0.39, 0.29) is 12.1 Å². The molecule has 1 N–H and O–H groups in total. The summed E-state index contributed by atoms with van der Waals surface area (Å²) in [7, 11) is 1.31. The van der Waals surface area contributed by atoms with Crippen LogP contribution in [0.3, 0.4) is 0 Å². The van der Waals surface area contributed by atoms with Gasteiger partial charge in [0.25, 0.3) is 0 Å². The lowest BCUT2D eigenvalue weighted by Gasteiger charge is -2.25. The van der Waals surface area contributed by atoms with Crippen molar-refractivity contribution in [2.24, 2.45) is 0 Å². The number of methoxy groups -OCH3 is 1. The summed E-state index contributed by atoms with van der Waals surface area (Å²) in [6, 6.07) is -0.978. The van der Waals surface area contributed by atoms with Crippen molar-refractivity contribution < 1.29 is 28.6 Å². The van der Waals surface area contributed by atoms with Gasteiger partial charge in [-0.2, -0.15) is 0 Å². The molecule has 4 rings (SSSR count). The Morgan fingerprint density at radius 2 is 1.27 bits per heavy atom. The van der Waals surface area contributed by atoms with Gasteiger partial charge in [0.05, 0.1) is 12.1 Å². The van der Waals surface area contributed by atoms with Gasteiger partial charge < -0.3 is 19.5 Å². The summed E-state index contributed by atoms with van der Waals surface area (Å²) in [5.41, 5.74) is 0.799. The molecule has 0 unspecified atom stereocenters. The van der Waals surface area contributed by atoms with E-state index < -0.39 is 35.3 Å². The molecule has 11 nitrogen and oxygen atoms in total. The van der Waals surface area contributed by atoms with Gasteiger partial charge >= 0.3 is 18.0 Å². The zero-order valence-corrected chi connectivity index (χ0v) is 26.7. The van der Waals surface area contributed by atoms with E-state index in [1.54, 1.807) is 46.9 Å². The molecular weight excluding hydrogens is 607 g/mol. The number of rotatable bonds is 8. The number of hydrogen-bond donors (Lipinski definition) is 1. The molecule has 0 saturated carbocycles. The lowest BCUT2D eigenvalue weighted by Crippen LogP contribution is -2.47. The second kappa shape index (κ2) is 12.3. The number of carbonyl (C=O) groups is 3. The van der Waals surface area contributed by atoms with Gasteiger partial charge in [-0.15, -0.1) is 45.3 Å². The standard InChI is InChI=1S/C26H29N5O6S4/c1-25(2,3)36-23(33)13(31-24(34)37-26(4,5)6)8-18-27-14(9-38-18)19-28-15(10-39-19)20-29-16(11-40-20)21-30-17(12-41-21)22(32)35-7/h9-13H,8H2,1-7H3,(H,31,34)/t13-/m0/s1. The fraction of sp³-hybridized carbons (Fsp3) is 0.423. The van der Waals surface area contributed by atoms with Crippen molar-refractivity contribution >= 4 is 63.4 Å². The van der Waals surface area contributed by atoms with Crippen molar-refractivity contribution in [3.8, 4) is 32.1 Å². The van der Waals surface area contributed by atoms with Gasteiger partial charge in [0.15, 0.2) is 5.69 Å². The van der Waals surface area contributed by atoms with Crippen molar-refractivity contribution in [1.82, 2.24) is 25.3 Å². The molecule has 0 fully saturated rings. The summed E-state index contributed by atoms with van der Waals surface area (Å²) in [5.74, 6) is -1.07. The molecule has 4 heterocycles. The van der Waals surface area contributed by atoms with Gasteiger partial charge in [-0.3, -0.25) is 0 Å². The molecule has 0 aliphatic heterocycles. The molecule has 218 valence electrons. The molecule has 0 aliphatic rings. The number of esters is 2. The molecule has 0 aromatic carbocycles. The molecule has 0 saturated heterocycles. The van der Waals surface area contributed by atoms with Crippen LogP contribution in [0.15, 0.2) is 21.5 Å². The van der Waals surface area contributed by atoms with Crippen LogP contribution in [0.25, 0.3) is 32.1 Å². The largest absolute Gasteiger partial charge is 0.464 e. The quantitative estimate of drug-likeness (QED) is 0.179. The lowest BCUT2D eigenvalue weighted by atomic mass is 10.1. The fourth-order valence-corrected chi connectivity index (χ4v) is 6.59. The van der Waals surface area contributed by atoms with Gasteiger partial charge in [0.1, 0.15) is 49.3 Å². The Labute approximate surface area is 253 Å². The van der Waals surface area contributed by atoms with Crippen LogP contribution in [-0.2, 0) is 25.4 Å². The van der Waals surface area contributed by atoms with Gasteiger partial charge in [-0.25, -0.2) is 34.3 Å². The van der Waals surface area contributed by atoms with E-state index in [1.807, 2.05) is 16.1 Å². The van der Waals surface area contributed by atoms with Crippen molar-refractivity contribution in [1.29, 1.82) is 0 Å². The van der Waals surface area contributed by atoms with Crippen LogP contribution in [0, 0.1) is 0 Å². The highest BCUT2D eigenvalue weighted by Crippen LogP contribution is 2.34. The van der Waals surface area contributed by atoms with Gasteiger partial charge in [0.2, 0.25) is 0 Å². The van der Waals surface area contributed by atoms with Crippen LogP contribution in [0.2, 0.25) is 0 Å². The first kappa shape index (κ1) is 30.7. The average molecular weight is 636 g/mol. The third-order valence-electron chi connectivity index (χ3n) is 4.88. The third-order valence-corrected chi connectivity index (χ3v) is 8.34. The van der Waals surface area contributed by atoms with E-state index >= 15 is 0 Å². The maximum absolute atomic E-state index is 12.9. The fourth-order valence-electron chi connectivity index (χ4n) is 3.26. The number of nitrogens with zero attached hydrogens (tertiary/aromatic N) is 4. The average Bonchev–Trinajstić information content (AvgIpc) is 3.66. The van der Waals surface area contributed by atoms with E-state index in [2.05, 4.69) is 20.3 Å². The van der Waals surface area contributed by atoms with Crippen LogP contribution >= 0.6 is 45.3 Å². The SMILES string of the molecule is COC(=O)c1csc(-c2csc(-c3csc(-c4csc(C[C@H](NC(=O)OC(C)(C)C)C(=O)OC(C)(C)C)n4)n3)n2)n1. The minimum absolute atomic E-state index is 0.133. The Balaban J connectivity index is 1.48. The Morgan fingerprint density at radius 3 is 1.83 bits per heavy atom. The molecule has 0 spiro atoms. The summed E-state index contributed by atoms with van der Waals surface area (Å²) >= 11 is 5.52. The number of alkyl carbamates (subject to hydrolysis) is 1. The molecule has 15 heteroatoms. The van der Waals surface area contributed by atoms with Crippen molar-refractivity contribution in [3.05, 3.63) is 32.2 Å². The molecular formula is C26H29N5O6S4. The summed E-state index contributed by atoms with van der Waals surface area (Å²) in [5, 5.41) is 12.5. The van der Waals surface area contributed by atoms with Crippen LogP contribution in [-0.4, -0.2) is 62.3 Å². The van der Waals surface area contributed by atoms with E-state index in [4.69, 9.17) is 19.2 Å². The van der Waals surface area contributed by atoms with Crippen LogP contribution < -0.4 is 5.32 Å². The first-order valence-corrected chi connectivity index (χ1v) is 15.9. The predicted octanol–water partition coefficient (Wildman–Crippen LogP) is 6.08. The van der Waals surface area contributed by atoms with Crippen molar-refractivity contribution in [2.75, 3.05) is 7.11 Å². The minimum Gasteiger partial charge on any atom is -0.464 e. The Morgan fingerprint density at radius 1 is 0.756 bits per heavy atom. The van der Waals surface area contributed by atoms with E-state index in [1.165, 1.54) is 52.5 Å². The number of aromatic nitrogens is 4. The predicted molar refractivity (Wildman–Crippen MR) is 159 cm³/mol. The summed E-state index contributed by atoms with van der Waals surface area (Å²) in [4.78, 5) is 55.4. The molecule has 0 aliphatic carbocycles. The highest BCUT2D eigenvalue weighted by Gasteiger charge is 2.30. The molecule has 4 aromatic rings. The second-order valence-electron chi connectivity index (χ2n) is 10.7. The molecule has 1 atom stereocenters. The highest BCUT2D eigenvalue weighted by atomic mass is 32.1. The highest BCUT2D eigenvalue weighted by molar-refractivity contribution is 7.16. The topological polar surface area (TPSA) is 142 Å². The zero-order valence-electron chi connectivity index (χ0n) is 23.5. The Kier molecular flexibility index (Phi) is 9.21. The van der Waals surface area contributed by atoms with E-state index in [0.717, 1.165) is 0 Å². The maximum atomic E-state index is 12.9. The van der Waals surface area contributed by atoms with Crippen molar-refractivity contribution in [3.63, 3.8) is 0 Å². The molecule has 4 aromatic heterocycles. The van der Waals surface area contributed by atoms with Gasteiger partial charge in [-0.05, 0) is 41.5 Å². The number of carbonyl (C=O) groups excluding carboxylic acids is 3. The first-order valence-electron chi connectivity index (χ1n) is 12.3. The minimum atomic E-state index is -0.978. The number of nitrogens with one attached hydrogen (secondary N) is 1. The number of thiazole rings is 4. The molecule has 0 bridgehead atoms. The van der Waals surface area contributed by atoms with E-state index in [0.29, 0.717) is 37.1 Å².